The van der Waals surface area contributed by atoms with Gasteiger partial charge in [0.1, 0.15) is 5.41 Å². The SMILES string of the molecule is CC1(C)CCC(NC(=O)C2(C(N)=NO)CCC2)C1. The van der Waals surface area contributed by atoms with Gasteiger partial charge in [-0.05, 0) is 37.5 Å². The van der Waals surface area contributed by atoms with Crippen molar-refractivity contribution in [1.82, 2.24) is 5.32 Å². The summed E-state index contributed by atoms with van der Waals surface area (Å²) in [7, 11) is 0. The summed E-state index contributed by atoms with van der Waals surface area (Å²) in [4.78, 5) is 12.3. The Morgan fingerprint density at radius 3 is 2.44 bits per heavy atom. The molecule has 0 heterocycles. The molecule has 2 aliphatic rings. The molecule has 5 heteroatoms. The fourth-order valence-electron chi connectivity index (χ4n) is 3.11. The average molecular weight is 253 g/mol. The monoisotopic (exact) mass is 253 g/mol. The summed E-state index contributed by atoms with van der Waals surface area (Å²) >= 11 is 0. The Labute approximate surface area is 108 Å². The lowest BCUT2D eigenvalue weighted by atomic mass is 9.67. The van der Waals surface area contributed by atoms with E-state index in [4.69, 9.17) is 10.9 Å². The Morgan fingerprint density at radius 2 is 2.06 bits per heavy atom. The number of carbonyl (C=O) groups is 1. The van der Waals surface area contributed by atoms with Crippen molar-refractivity contribution >= 4 is 11.7 Å². The van der Waals surface area contributed by atoms with Gasteiger partial charge in [-0.15, -0.1) is 0 Å². The Bertz CT molecular complexity index is 372. The molecule has 0 aliphatic heterocycles. The van der Waals surface area contributed by atoms with Crippen LogP contribution in [0, 0.1) is 10.8 Å². The molecular weight excluding hydrogens is 230 g/mol. The summed E-state index contributed by atoms with van der Waals surface area (Å²) in [6.45, 7) is 4.45. The molecule has 18 heavy (non-hydrogen) atoms. The van der Waals surface area contributed by atoms with E-state index in [1.165, 1.54) is 0 Å². The zero-order valence-electron chi connectivity index (χ0n) is 11.2. The third-order valence-electron chi connectivity index (χ3n) is 4.54. The second-order valence-corrected chi connectivity index (χ2v) is 6.50. The number of amides is 1. The number of carbonyl (C=O) groups excluding carboxylic acids is 1. The number of nitrogens with one attached hydrogen (secondary N) is 1. The van der Waals surface area contributed by atoms with Gasteiger partial charge < -0.3 is 16.3 Å². The molecular formula is C13H23N3O2. The van der Waals surface area contributed by atoms with Crippen LogP contribution in [0.4, 0.5) is 0 Å². The minimum Gasteiger partial charge on any atom is -0.409 e. The number of rotatable bonds is 3. The van der Waals surface area contributed by atoms with Crippen LogP contribution in [-0.4, -0.2) is 23.0 Å². The Balaban J connectivity index is 2.00. The topological polar surface area (TPSA) is 87.7 Å². The normalized spacial score (nSPS) is 29.7. The van der Waals surface area contributed by atoms with E-state index in [9.17, 15) is 4.79 Å². The third-order valence-corrected chi connectivity index (χ3v) is 4.54. The highest BCUT2D eigenvalue weighted by molar-refractivity contribution is 6.07. The number of hydrogen-bond acceptors (Lipinski definition) is 3. The predicted molar refractivity (Wildman–Crippen MR) is 69.3 cm³/mol. The summed E-state index contributed by atoms with van der Waals surface area (Å²) in [6, 6.07) is 0.233. The van der Waals surface area contributed by atoms with E-state index in [-0.39, 0.29) is 17.8 Å². The highest BCUT2D eigenvalue weighted by Crippen LogP contribution is 2.43. The van der Waals surface area contributed by atoms with Crippen molar-refractivity contribution in [3.63, 3.8) is 0 Å². The fourth-order valence-corrected chi connectivity index (χ4v) is 3.11. The Hall–Kier alpha value is -1.26. The van der Waals surface area contributed by atoms with E-state index < -0.39 is 5.41 Å². The second-order valence-electron chi connectivity index (χ2n) is 6.50. The zero-order valence-corrected chi connectivity index (χ0v) is 11.2. The van der Waals surface area contributed by atoms with Crippen LogP contribution in [-0.2, 0) is 4.79 Å². The molecule has 0 aromatic heterocycles. The van der Waals surface area contributed by atoms with Gasteiger partial charge in [0.25, 0.3) is 0 Å². The number of nitrogens with zero attached hydrogens (tertiary/aromatic N) is 1. The van der Waals surface area contributed by atoms with E-state index in [0.717, 1.165) is 25.7 Å². The van der Waals surface area contributed by atoms with Crippen molar-refractivity contribution in [1.29, 1.82) is 0 Å². The summed E-state index contributed by atoms with van der Waals surface area (Å²) < 4.78 is 0. The summed E-state index contributed by atoms with van der Waals surface area (Å²) in [5.74, 6) is -0.00439. The zero-order chi connectivity index (χ0) is 13.4. The van der Waals surface area contributed by atoms with Gasteiger partial charge in [0.05, 0.1) is 0 Å². The van der Waals surface area contributed by atoms with Gasteiger partial charge >= 0.3 is 0 Å². The maximum Gasteiger partial charge on any atom is 0.234 e. The van der Waals surface area contributed by atoms with Gasteiger partial charge in [0, 0.05) is 6.04 Å². The van der Waals surface area contributed by atoms with Crippen LogP contribution in [0.25, 0.3) is 0 Å². The molecule has 0 saturated heterocycles. The van der Waals surface area contributed by atoms with Crippen LogP contribution >= 0.6 is 0 Å². The third kappa shape index (κ3) is 2.18. The minimum absolute atomic E-state index is 0.0588. The highest BCUT2D eigenvalue weighted by atomic mass is 16.4. The van der Waals surface area contributed by atoms with Crippen LogP contribution in [0.15, 0.2) is 5.16 Å². The van der Waals surface area contributed by atoms with E-state index in [0.29, 0.717) is 18.3 Å². The largest absolute Gasteiger partial charge is 0.409 e. The molecule has 0 aromatic rings. The van der Waals surface area contributed by atoms with Gasteiger partial charge in [-0.3, -0.25) is 4.79 Å². The van der Waals surface area contributed by atoms with Crippen molar-refractivity contribution in [2.24, 2.45) is 21.7 Å². The minimum atomic E-state index is -0.749. The quantitative estimate of drug-likeness (QED) is 0.309. The van der Waals surface area contributed by atoms with Crippen LogP contribution in [0.5, 0.6) is 0 Å². The molecule has 2 fully saturated rings. The van der Waals surface area contributed by atoms with Crippen molar-refractivity contribution in [2.45, 2.75) is 58.4 Å². The van der Waals surface area contributed by atoms with E-state index >= 15 is 0 Å². The number of hydrogen-bond donors (Lipinski definition) is 3. The smallest absolute Gasteiger partial charge is 0.234 e. The molecule has 2 saturated carbocycles. The molecule has 0 spiro atoms. The van der Waals surface area contributed by atoms with E-state index in [1.807, 2.05) is 0 Å². The van der Waals surface area contributed by atoms with Gasteiger partial charge in [-0.2, -0.15) is 0 Å². The molecule has 5 nitrogen and oxygen atoms in total. The van der Waals surface area contributed by atoms with Gasteiger partial charge in [-0.25, -0.2) is 0 Å². The van der Waals surface area contributed by atoms with Crippen LogP contribution < -0.4 is 11.1 Å². The van der Waals surface area contributed by atoms with Crippen LogP contribution in [0.3, 0.4) is 0 Å². The van der Waals surface area contributed by atoms with Crippen molar-refractivity contribution < 1.29 is 10.0 Å². The van der Waals surface area contributed by atoms with Crippen LogP contribution in [0.1, 0.15) is 52.4 Å². The predicted octanol–water partition coefficient (Wildman–Crippen LogP) is 1.60. The molecule has 0 aromatic carbocycles. The second kappa shape index (κ2) is 4.44. The van der Waals surface area contributed by atoms with Gasteiger partial charge in [-0.1, -0.05) is 25.4 Å². The first-order chi connectivity index (χ1) is 8.39. The highest BCUT2D eigenvalue weighted by Gasteiger charge is 2.49. The first-order valence-electron chi connectivity index (χ1n) is 6.69. The maximum atomic E-state index is 12.3. The van der Waals surface area contributed by atoms with E-state index in [2.05, 4.69) is 24.3 Å². The summed E-state index contributed by atoms with van der Waals surface area (Å²) in [6.07, 6.45) is 5.49. The van der Waals surface area contributed by atoms with Gasteiger partial charge in [0.15, 0.2) is 5.84 Å². The molecule has 1 atom stereocenters. The molecule has 2 rings (SSSR count). The maximum absolute atomic E-state index is 12.3. The Morgan fingerprint density at radius 1 is 1.39 bits per heavy atom. The summed E-state index contributed by atoms with van der Waals surface area (Å²) in [5, 5.41) is 14.9. The van der Waals surface area contributed by atoms with Gasteiger partial charge in [0.2, 0.25) is 5.91 Å². The van der Waals surface area contributed by atoms with Crippen molar-refractivity contribution in [2.75, 3.05) is 0 Å². The molecule has 2 aliphatic carbocycles. The molecule has 1 amide bonds. The lowest BCUT2D eigenvalue weighted by Gasteiger charge is -2.39. The first-order valence-corrected chi connectivity index (χ1v) is 6.69. The standard InChI is InChI=1S/C13H23N3O2/c1-12(2)7-4-9(8-12)15-11(17)13(5-3-6-13)10(14)16-18/h9,18H,3-8H2,1-2H3,(H2,14,16)(H,15,17). The molecule has 1 unspecified atom stereocenters. The molecule has 102 valence electrons. The Kier molecular flexibility index (Phi) is 3.25. The van der Waals surface area contributed by atoms with Crippen molar-refractivity contribution in [3.8, 4) is 0 Å². The number of nitrogens with two attached hydrogens (primary N) is 1. The van der Waals surface area contributed by atoms with Crippen molar-refractivity contribution in [3.05, 3.63) is 0 Å². The van der Waals surface area contributed by atoms with E-state index in [1.54, 1.807) is 0 Å². The number of amidine groups is 1. The lowest BCUT2D eigenvalue weighted by molar-refractivity contribution is -0.131. The molecule has 0 bridgehead atoms. The molecule has 4 N–H and O–H groups in total. The van der Waals surface area contributed by atoms with Crippen LogP contribution in [0.2, 0.25) is 0 Å². The molecule has 0 radical (unpaired) electrons. The average Bonchev–Trinajstić information content (AvgIpc) is 2.56. The summed E-state index contributed by atoms with van der Waals surface area (Å²) in [5.41, 5.74) is 5.24. The first kappa shape index (κ1) is 13.2. The fraction of sp³-hybridized carbons (Fsp3) is 0.846. The lowest BCUT2D eigenvalue weighted by Crippen LogP contribution is -2.55. The number of oxime groups is 1.